The van der Waals surface area contributed by atoms with Gasteiger partial charge in [0.1, 0.15) is 5.82 Å². The van der Waals surface area contributed by atoms with Gasteiger partial charge in [0.2, 0.25) is 0 Å². The number of carboxylic acid groups (broad SMARTS) is 1. The molecule has 19 heavy (non-hydrogen) atoms. The van der Waals surface area contributed by atoms with Crippen LogP contribution in [0.5, 0.6) is 0 Å². The molecule has 1 aliphatic rings. The fourth-order valence-corrected chi connectivity index (χ4v) is 2.50. The van der Waals surface area contributed by atoms with Gasteiger partial charge in [-0.15, -0.1) is 0 Å². The fraction of sp³-hybridized carbons (Fsp3) is 0.429. The highest BCUT2D eigenvalue weighted by atomic mass is 19.1. The number of benzene rings is 1. The van der Waals surface area contributed by atoms with Gasteiger partial charge in [0, 0.05) is 5.56 Å². The van der Waals surface area contributed by atoms with E-state index in [0.29, 0.717) is 18.4 Å². The van der Waals surface area contributed by atoms with Crippen molar-refractivity contribution in [2.75, 3.05) is 7.11 Å². The Morgan fingerprint density at radius 1 is 1.37 bits per heavy atom. The standard InChI is InChI=1S/C14H15FO4/c1-8-6-11(15)10(7-9(8)12(16)19-2)14(13(17)18)4-3-5-14/h6-7H,3-5H2,1-2H3,(H,17,18). The van der Waals surface area contributed by atoms with Gasteiger partial charge in [-0.1, -0.05) is 6.42 Å². The molecule has 102 valence electrons. The number of carboxylic acids is 1. The van der Waals surface area contributed by atoms with E-state index in [9.17, 15) is 19.1 Å². The van der Waals surface area contributed by atoms with Crippen LogP contribution in [0.3, 0.4) is 0 Å². The van der Waals surface area contributed by atoms with Crippen LogP contribution in [-0.2, 0) is 14.9 Å². The number of esters is 1. The lowest BCUT2D eigenvalue weighted by atomic mass is 9.64. The molecule has 0 bridgehead atoms. The van der Waals surface area contributed by atoms with E-state index in [-0.39, 0.29) is 11.1 Å². The van der Waals surface area contributed by atoms with E-state index in [1.165, 1.54) is 19.2 Å². The van der Waals surface area contributed by atoms with Gasteiger partial charge >= 0.3 is 11.9 Å². The molecular formula is C14H15FO4. The first-order valence-electron chi connectivity index (χ1n) is 6.05. The Labute approximate surface area is 110 Å². The lowest BCUT2D eigenvalue weighted by Crippen LogP contribution is -2.43. The van der Waals surface area contributed by atoms with Gasteiger partial charge in [0.05, 0.1) is 18.1 Å². The third-order valence-corrected chi connectivity index (χ3v) is 3.85. The number of rotatable bonds is 3. The van der Waals surface area contributed by atoms with E-state index in [0.717, 1.165) is 6.42 Å². The van der Waals surface area contributed by atoms with Gasteiger partial charge in [-0.3, -0.25) is 4.79 Å². The summed E-state index contributed by atoms with van der Waals surface area (Å²) in [4.78, 5) is 23.0. The lowest BCUT2D eigenvalue weighted by molar-refractivity contribution is -0.147. The molecular weight excluding hydrogens is 251 g/mol. The number of halogens is 1. The third kappa shape index (κ3) is 1.99. The molecule has 0 radical (unpaired) electrons. The summed E-state index contributed by atoms with van der Waals surface area (Å²) in [5.41, 5.74) is -0.461. The highest BCUT2D eigenvalue weighted by molar-refractivity contribution is 5.92. The van der Waals surface area contributed by atoms with Crippen LogP contribution in [0.4, 0.5) is 4.39 Å². The maximum atomic E-state index is 14.1. The zero-order valence-corrected chi connectivity index (χ0v) is 10.8. The second kappa shape index (κ2) is 4.64. The van der Waals surface area contributed by atoms with Gasteiger partial charge < -0.3 is 9.84 Å². The molecule has 1 N–H and O–H groups in total. The van der Waals surface area contributed by atoms with E-state index in [4.69, 9.17) is 0 Å². The number of ether oxygens (including phenoxy) is 1. The molecule has 0 heterocycles. The second-order valence-corrected chi connectivity index (χ2v) is 4.88. The number of carbonyl (C=O) groups is 2. The summed E-state index contributed by atoms with van der Waals surface area (Å²) >= 11 is 0. The average molecular weight is 266 g/mol. The quantitative estimate of drug-likeness (QED) is 0.853. The molecule has 0 spiro atoms. The minimum absolute atomic E-state index is 0.0808. The van der Waals surface area contributed by atoms with Crippen LogP contribution in [0.2, 0.25) is 0 Å². The number of hydrogen-bond donors (Lipinski definition) is 1. The highest BCUT2D eigenvalue weighted by Gasteiger charge is 2.48. The molecule has 1 fully saturated rings. The van der Waals surface area contributed by atoms with Crippen molar-refractivity contribution in [2.45, 2.75) is 31.6 Å². The van der Waals surface area contributed by atoms with E-state index < -0.39 is 23.2 Å². The molecule has 0 unspecified atom stereocenters. The van der Waals surface area contributed by atoms with Crippen LogP contribution in [0.1, 0.15) is 40.7 Å². The summed E-state index contributed by atoms with van der Waals surface area (Å²) in [6.45, 7) is 1.59. The van der Waals surface area contributed by atoms with E-state index in [1.54, 1.807) is 6.92 Å². The molecule has 4 nitrogen and oxygen atoms in total. The van der Waals surface area contributed by atoms with Crippen LogP contribution in [0.25, 0.3) is 0 Å². The smallest absolute Gasteiger partial charge is 0.338 e. The zero-order chi connectivity index (χ0) is 14.2. The van der Waals surface area contributed by atoms with Gasteiger partial charge in [0.25, 0.3) is 0 Å². The predicted octanol–water partition coefficient (Wildman–Crippen LogP) is 2.43. The SMILES string of the molecule is COC(=O)c1cc(C2(C(=O)O)CCC2)c(F)cc1C. The Kier molecular flexibility index (Phi) is 3.30. The Hall–Kier alpha value is -1.91. The first kappa shape index (κ1) is 13.5. The molecule has 0 aliphatic heterocycles. The molecule has 1 aliphatic carbocycles. The first-order chi connectivity index (χ1) is 8.92. The van der Waals surface area contributed by atoms with Crippen molar-refractivity contribution < 1.29 is 23.8 Å². The number of carbonyl (C=O) groups excluding carboxylic acids is 1. The third-order valence-electron chi connectivity index (χ3n) is 3.85. The van der Waals surface area contributed by atoms with Gasteiger partial charge in [-0.05, 0) is 37.5 Å². The van der Waals surface area contributed by atoms with E-state index >= 15 is 0 Å². The average Bonchev–Trinajstić information content (AvgIpc) is 2.29. The van der Waals surface area contributed by atoms with Crippen molar-refractivity contribution in [3.8, 4) is 0 Å². The molecule has 5 heteroatoms. The fourth-order valence-electron chi connectivity index (χ4n) is 2.50. The molecule has 0 aromatic heterocycles. The van der Waals surface area contributed by atoms with Crippen LogP contribution >= 0.6 is 0 Å². The van der Waals surface area contributed by atoms with Crippen molar-refractivity contribution >= 4 is 11.9 Å². The van der Waals surface area contributed by atoms with E-state index in [2.05, 4.69) is 4.74 Å². The van der Waals surface area contributed by atoms with Gasteiger partial charge in [-0.25, -0.2) is 9.18 Å². The predicted molar refractivity (Wildman–Crippen MR) is 65.6 cm³/mol. The molecule has 1 aromatic rings. The van der Waals surface area contributed by atoms with Crippen LogP contribution in [0, 0.1) is 12.7 Å². The zero-order valence-electron chi connectivity index (χ0n) is 10.8. The minimum atomic E-state index is -1.19. The Balaban J connectivity index is 2.58. The Morgan fingerprint density at radius 2 is 2.00 bits per heavy atom. The minimum Gasteiger partial charge on any atom is -0.481 e. The van der Waals surface area contributed by atoms with Crippen molar-refractivity contribution in [3.05, 3.63) is 34.6 Å². The van der Waals surface area contributed by atoms with Crippen molar-refractivity contribution in [3.63, 3.8) is 0 Å². The number of aryl methyl sites for hydroxylation is 1. The Bertz CT molecular complexity index is 547. The normalized spacial score (nSPS) is 16.6. The molecule has 2 rings (SSSR count). The van der Waals surface area contributed by atoms with Crippen LogP contribution in [0.15, 0.2) is 12.1 Å². The van der Waals surface area contributed by atoms with Crippen LogP contribution < -0.4 is 0 Å². The summed E-state index contributed by atoms with van der Waals surface area (Å²) in [5.74, 6) is -2.21. The van der Waals surface area contributed by atoms with Crippen LogP contribution in [-0.4, -0.2) is 24.2 Å². The molecule has 0 saturated heterocycles. The van der Waals surface area contributed by atoms with Gasteiger partial charge in [0.15, 0.2) is 0 Å². The number of methoxy groups -OCH3 is 1. The molecule has 1 saturated carbocycles. The number of hydrogen-bond acceptors (Lipinski definition) is 3. The van der Waals surface area contributed by atoms with Crippen molar-refractivity contribution in [2.24, 2.45) is 0 Å². The topological polar surface area (TPSA) is 63.6 Å². The molecule has 1 aromatic carbocycles. The summed E-state index contributed by atoms with van der Waals surface area (Å²) in [7, 11) is 1.24. The highest BCUT2D eigenvalue weighted by Crippen LogP contribution is 2.45. The summed E-state index contributed by atoms with van der Waals surface area (Å²) in [6, 6.07) is 2.52. The second-order valence-electron chi connectivity index (χ2n) is 4.88. The van der Waals surface area contributed by atoms with Gasteiger partial charge in [-0.2, -0.15) is 0 Å². The maximum absolute atomic E-state index is 14.1. The van der Waals surface area contributed by atoms with Crippen molar-refractivity contribution in [1.82, 2.24) is 0 Å². The first-order valence-corrected chi connectivity index (χ1v) is 6.05. The molecule has 0 amide bonds. The summed E-state index contributed by atoms with van der Waals surface area (Å²) in [6.07, 6.45) is 1.53. The number of aliphatic carboxylic acids is 1. The van der Waals surface area contributed by atoms with Crippen molar-refractivity contribution in [1.29, 1.82) is 0 Å². The summed E-state index contributed by atoms with van der Waals surface area (Å²) < 4.78 is 18.7. The lowest BCUT2D eigenvalue weighted by Gasteiger charge is -2.38. The Morgan fingerprint density at radius 3 is 2.42 bits per heavy atom. The summed E-state index contributed by atoms with van der Waals surface area (Å²) in [5, 5.41) is 9.33. The monoisotopic (exact) mass is 266 g/mol. The maximum Gasteiger partial charge on any atom is 0.338 e. The molecule has 0 atom stereocenters. The van der Waals surface area contributed by atoms with E-state index in [1.807, 2.05) is 0 Å². The largest absolute Gasteiger partial charge is 0.481 e.